The molecule has 0 aliphatic heterocycles. The number of rotatable bonds is 40. The van der Waals surface area contributed by atoms with Gasteiger partial charge in [-0.1, -0.05) is 176 Å². The maximum Gasteiger partial charge on any atom is 0.472 e. The van der Waals surface area contributed by atoms with Gasteiger partial charge in [0.15, 0.2) is 0 Å². The largest absolute Gasteiger partial charge is 0.472 e. The predicted octanol–water partition coefficient (Wildman–Crippen LogP) is 10.7. The second-order valence-corrected chi connectivity index (χ2v) is 15.8. The summed E-state index contributed by atoms with van der Waals surface area (Å²) in [5.74, 6) is -0.440. The Hall–Kier alpha value is -2.14. The molecule has 4 unspecified atom stereocenters. The van der Waals surface area contributed by atoms with Crippen LogP contribution in [0.25, 0.3) is 0 Å². The minimum absolute atomic E-state index is 0.0639. The van der Waals surface area contributed by atoms with E-state index in [2.05, 4.69) is 6.92 Å². The maximum absolute atomic E-state index is 12.6. The van der Waals surface area contributed by atoms with Gasteiger partial charge in [-0.05, 0) is 45.4 Å². The van der Waals surface area contributed by atoms with E-state index in [9.17, 15) is 24.5 Å². The monoisotopic (exact) mass is 810 g/mol. The molecule has 0 aromatic carbocycles. The zero-order valence-corrected chi connectivity index (χ0v) is 36.0. The summed E-state index contributed by atoms with van der Waals surface area (Å²) in [7, 11) is -4.32. The van der Waals surface area contributed by atoms with Gasteiger partial charge in [-0.2, -0.15) is 0 Å². The Morgan fingerprint density at radius 2 is 1.21 bits per heavy atom. The first kappa shape index (κ1) is 53.9. The number of phosphoric ester groups is 1. The lowest BCUT2D eigenvalue weighted by atomic mass is 10.0. The van der Waals surface area contributed by atoms with Crippen LogP contribution in [-0.4, -0.2) is 72.4 Å². The zero-order valence-electron chi connectivity index (χ0n) is 35.1. The van der Waals surface area contributed by atoms with Crippen LogP contribution in [0.4, 0.5) is 0 Å². The molecule has 10 nitrogen and oxygen atoms in total. The Morgan fingerprint density at radius 3 is 1.82 bits per heavy atom. The molecule has 4 atom stereocenters. The van der Waals surface area contributed by atoms with Crippen LogP contribution in [0.15, 0.2) is 72.9 Å². The van der Waals surface area contributed by atoms with Gasteiger partial charge in [-0.15, -0.1) is 0 Å². The fourth-order valence-electron chi connectivity index (χ4n) is 5.59. The third-order valence-electron chi connectivity index (χ3n) is 8.74. The van der Waals surface area contributed by atoms with Crippen LogP contribution in [0.5, 0.6) is 0 Å². The number of ether oxygens (including phenoxy) is 2. The zero-order chi connectivity index (χ0) is 41.2. The summed E-state index contributed by atoms with van der Waals surface area (Å²) in [6.07, 6.45) is 45.3. The van der Waals surface area contributed by atoms with Crippen molar-refractivity contribution >= 4 is 13.8 Å². The Kier molecular flexibility index (Phi) is 39.5. The molecule has 0 aromatic rings. The van der Waals surface area contributed by atoms with Crippen LogP contribution in [0.3, 0.4) is 0 Å². The van der Waals surface area contributed by atoms with Gasteiger partial charge in [0, 0.05) is 19.6 Å². The molecule has 0 radical (unpaired) electrons. The molecule has 0 amide bonds. The van der Waals surface area contributed by atoms with Crippen LogP contribution in [0.1, 0.15) is 155 Å². The summed E-state index contributed by atoms with van der Waals surface area (Å²) in [4.78, 5) is 22.4. The lowest BCUT2D eigenvalue weighted by Gasteiger charge is -2.20. The molecular formula is C45H80NO9P. The standard InChI is InChI=1S/C45H80NO9P/c1-3-4-5-6-7-8-9-10-11-12-13-16-19-22-27-32-38-52-40-44(41-54-56(50,51)53-39-37-46)55-45(49)36-31-24-21-18-15-14-17-20-23-29-34-43(48)35-30-26-25-28-33-42(2)47/h14-15,20-21,23-24,26,28-30,33-34,42-44,47-48H,3-13,16-19,22,25,27,31-32,35-41,46H2,1-2H3,(H,50,51)/b15-14+,23-20+,24-21+,30-26+,33-28-,34-29-. The van der Waals surface area contributed by atoms with Crippen molar-refractivity contribution in [1.82, 2.24) is 0 Å². The highest BCUT2D eigenvalue weighted by atomic mass is 31.2. The summed E-state index contributed by atoms with van der Waals surface area (Å²) in [6.45, 7) is 4.18. The predicted molar refractivity (Wildman–Crippen MR) is 231 cm³/mol. The van der Waals surface area contributed by atoms with Crippen molar-refractivity contribution in [3.05, 3.63) is 72.9 Å². The van der Waals surface area contributed by atoms with Crippen LogP contribution >= 0.6 is 7.82 Å². The van der Waals surface area contributed by atoms with Crippen molar-refractivity contribution in [2.24, 2.45) is 5.73 Å². The summed E-state index contributed by atoms with van der Waals surface area (Å²) in [5.41, 5.74) is 5.36. The molecule has 0 fully saturated rings. The number of carbonyl (C=O) groups is 1. The van der Waals surface area contributed by atoms with Crippen LogP contribution < -0.4 is 5.73 Å². The first-order valence-electron chi connectivity index (χ1n) is 21.6. The highest BCUT2D eigenvalue weighted by molar-refractivity contribution is 7.47. The van der Waals surface area contributed by atoms with Crippen molar-refractivity contribution in [3.63, 3.8) is 0 Å². The number of esters is 1. The van der Waals surface area contributed by atoms with E-state index in [0.29, 0.717) is 19.4 Å². The summed E-state index contributed by atoms with van der Waals surface area (Å²) >= 11 is 0. The number of nitrogens with two attached hydrogens (primary N) is 1. The van der Waals surface area contributed by atoms with Crippen molar-refractivity contribution < 1.29 is 43.0 Å². The van der Waals surface area contributed by atoms with E-state index in [1.807, 2.05) is 60.8 Å². The van der Waals surface area contributed by atoms with E-state index in [1.165, 1.54) is 89.9 Å². The normalized spacial score (nSPS) is 15.3. The van der Waals surface area contributed by atoms with Gasteiger partial charge in [-0.25, -0.2) is 4.57 Å². The van der Waals surface area contributed by atoms with Gasteiger partial charge in [0.2, 0.25) is 0 Å². The minimum Gasteiger partial charge on any atom is -0.457 e. The quantitative estimate of drug-likeness (QED) is 0.0154. The van der Waals surface area contributed by atoms with Gasteiger partial charge < -0.3 is 30.3 Å². The molecule has 0 aliphatic rings. The second-order valence-electron chi connectivity index (χ2n) is 14.3. The number of phosphoric acid groups is 1. The first-order chi connectivity index (χ1) is 27.2. The van der Waals surface area contributed by atoms with Crippen LogP contribution in [-0.2, 0) is 27.9 Å². The molecule has 0 saturated carbocycles. The van der Waals surface area contributed by atoms with Gasteiger partial charge in [0.1, 0.15) is 6.10 Å². The van der Waals surface area contributed by atoms with E-state index in [0.717, 1.165) is 32.1 Å². The number of hydrogen-bond acceptors (Lipinski definition) is 9. The van der Waals surface area contributed by atoms with Crippen molar-refractivity contribution in [2.75, 3.05) is 33.0 Å². The molecule has 56 heavy (non-hydrogen) atoms. The molecule has 0 saturated heterocycles. The average Bonchev–Trinajstić information content (AvgIpc) is 3.17. The van der Waals surface area contributed by atoms with Crippen molar-refractivity contribution in [2.45, 2.75) is 173 Å². The number of allylic oxidation sites excluding steroid dienone is 9. The molecule has 0 rings (SSSR count). The summed E-state index contributed by atoms with van der Waals surface area (Å²) < 4.78 is 33.3. The summed E-state index contributed by atoms with van der Waals surface area (Å²) in [5, 5.41) is 19.2. The molecule has 0 bridgehead atoms. The Balaban J connectivity index is 4.24. The fraction of sp³-hybridized carbons (Fsp3) is 0.711. The molecule has 0 aliphatic carbocycles. The fourth-order valence-corrected chi connectivity index (χ4v) is 6.35. The Labute approximate surface area is 341 Å². The molecule has 324 valence electrons. The molecule has 0 heterocycles. The first-order valence-corrected chi connectivity index (χ1v) is 23.1. The molecule has 5 N–H and O–H groups in total. The van der Waals surface area contributed by atoms with E-state index in [1.54, 1.807) is 19.1 Å². The van der Waals surface area contributed by atoms with Crippen molar-refractivity contribution in [1.29, 1.82) is 0 Å². The van der Waals surface area contributed by atoms with Crippen molar-refractivity contribution in [3.8, 4) is 0 Å². The average molecular weight is 810 g/mol. The molecule has 11 heteroatoms. The van der Waals surface area contributed by atoms with Gasteiger partial charge >= 0.3 is 13.8 Å². The lowest BCUT2D eigenvalue weighted by Crippen LogP contribution is -2.28. The number of aliphatic hydroxyl groups is 2. The highest BCUT2D eigenvalue weighted by Gasteiger charge is 2.25. The third-order valence-corrected chi connectivity index (χ3v) is 9.73. The van der Waals surface area contributed by atoms with Crippen LogP contribution in [0.2, 0.25) is 0 Å². The van der Waals surface area contributed by atoms with E-state index < -0.39 is 32.1 Å². The molecule has 0 spiro atoms. The van der Waals surface area contributed by atoms with E-state index >= 15 is 0 Å². The van der Waals surface area contributed by atoms with E-state index in [-0.39, 0.29) is 32.8 Å². The number of unbranched alkanes of at least 4 members (excludes halogenated alkanes) is 15. The summed E-state index contributed by atoms with van der Waals surface area (Å²) in [6, 6.07) is 0. The molecule has 0 aromatic heterocycles. The Bertz CT molecular complexity index is 1120. The SMILES string of the molecule is CCCCCCCCCCCCCCCCCCOCC(COP(=O)(O)OCCN)OC(=O)CC/C=C/C/C=C/C/C=C/C=C\C(O)C/C=C/C/C=C\C(C)O. The van der Waals surface area contributed by atoms with Crippen LogP contribution in [0, 0.1) is 0 Å². The smallest absolute Gasteiger partial charge is 0.457 e. The third kappa shape index (κ3) is 41.5. The van der Waals surface area contributed by atoms with E-state index in [4.69, 9.17) is 24.3 Å². The second kappa shape index (κ2) is 41.0. The van der Waals surface area contributed by atoms with Gasteiger partial charge in [0.25, 0.3) is 0 Å². The maximum atomic E-state index is 12.6. The van der Waals surface area contributed by atoms with Gasteiger partial charge in [0.05, 0.1) is 32.0 Å². The topological polar surface area (TPSA) is 158 Å². The molecular weight excluding hydrogens is 729 g/mol. The van der Waals surface area contributed by atoms with Gasteiger partial charge in [-0.3, -0.25) is 13.8 Å². The minimum atomic E-state index is -4.32. The highest BCUT2D eigenvalue weighted by Crippen LogP contribution is 2.43. The number of aliphatic hydroxyl groups excluding tert-OH is 2. The Morgan fingerprint density at radius 1 is 0.661 bits per heavy atom. The number of carbonyl (C=O) groups excluding carboxylic acids is 1. The number of hydrogen-bond donors (Lipinski definition) is 4. The lowest BCUT2D eigenvalue weighted by molar-refractivity contribution is -0.154.